The molecule has 0 bridgehead atoms. The van der Waals surface area contributed by atoms with Crippen molar-refractivity contribution in [3.05, 3.63) is 72.3 Å². The van der Waals surface area contributed by atoms with Crippen molar-refractivity contribution in [3.63, 3.8) is 0 Å². The summed E-state index contributed by atoms with van der Waals surface area (Å²) in [5.41, 5.74) is 1.54. The summed E-state index contributed by atoms with van der Waals surface area (Å²) in [6.45, 7) is 0.104. The number of nitrogens with zero attached hydrogens (tertiary/aromatic N) is 2. The first-order valence-electron chi connectivity index (χ1n) is 11.8. The average Bonchev–Trinajstić information content (AvgIpc) is 3.16. The van der Waals surface area contributed by atoms with E-state index in [-0.39, 0.29) is 13.0 Å². The highest BCUT2D eigenvalue weighted by atomic mass is 16.5. The van der Waals surface area contributed by atoms with Gasteiger partial charge >= 0.3 is 6.03 Å². The second-order valence-corrected chi connectivity index (χ2v) is 8.51. The second kappa shape index (κ2) is 11.5. The van der Waals surface area contributed by atoms with Gasteiger partial charge in [0.25, 0.3) is 5.91 Å². The number of carbonyl (C=O) groups is 3. The molecule has 1 fully saturated rings. The largest absolute Gasteiger partial charge is 0.497 e. The van der Waals surface area contributed by atoms with Gasteiger partial charge in [-0.3, -0.25) is 9.59 Å². The number of ether oxygens (including phenoxy) is 4. The van der Waals surface area contributed by atoms with Crippen LogP contribution in [0.4, 0.5) is 16.2 Å². The van der Waals surface area contributed by atoms with Crippen LogP contribution in [0.25, 0.3) is 0 Å². The fourth-order valence-corrected chi connectivity index (χ4v) is 4.24. The van der Waals surface area contributed by atoms with Gasteiger partial charge in [-0.2, -0.15) is 0 Å². The van der Waals surface area contributed by atoms with Gasteiger partial charge in [-0.25, -0.2) is 9.69 Å². The van der Waals surface area contributed by atoms with Gasteiger partial charge < -0.3 is 29.2 Å². The van der Waals surface area contributed by atoms with Crippen LogP contribution in [0.5, 0.6) is 23.0 Å². The average molecular weight is 520 g/mol. The molecule has 3 aromatic carbocycles. The van der Waals surface area contributed by atoms with Crippen LogP contribution < -0.4 is 29.2 Å². The summed E-state index contributed by atoms with van der Waals surface area (Å²) < 4.78 is 21.1. The number of nitrogens with one attached hydrogen (secondary N) is 1. The number of anilines is 2. The number of benzene rings is 3. The minimum atomic E-state index is -1.03. The molecule has 198 valence electrons. The van der Waals surface area contributed by atoms with E-state index in [1.165, 1.54) is 26.2 Å². The molecule has 38 heavy (non-hydrogen) atoms. The SMILES string of the molecule is COc1cccc(CN2C(=O)N(c3cccc(OC)c3)C(=O)[C@H]2CC(=O)Nc2cc(OC)cc(OC)c2)c1. The molecule has 1 saturated heterocycles. The summed E-state index contributed by atoms with van der Waals surface area (Å²) in [5.74, 6) is 1.15. The van der Waals surface area contributed by atoms with Gasteiger partial charge in [-0.1, -0.05) is 18.2 Å². The Morgan fingerprint density at radius 1 is 0.789 bits per heavy atom. The molecule has 1 aliphatic heterocycles. The molecule has 1 heterocycles. The maximum atomic E-state index is 13.6. The number of rotatable bonds is 10. The zero-order valence-corrected chi connectivity index (χ0v) is 21.6. The molecule has 0 radical (unpaired) electrons. The lowest BCUT2D eigenvalue weighted by Crippen LogP contribution is -2.37. The van der Waals surface area contributed by atoms with Crippen molar-refractivity contribution in [2.45, 2.75) is 19.0 Å². The molecule has 4 rings (SSSR count). The Kier molecular flexibility index (Phi) is 8.00. The first-order chi connectivity index (χ1) is 18.4. The molecular weight excluding hydrogens is 490 g/mol. The fraction of sp³-hybridized carbons (Fsp3) is 0.250. The van der Waals surface area contributed by atoms with E-state index < -0.39 is 23.9 Å². The Morgan fingerprint density at radius 2 is 1.39 bits per heavy atom. The first kappa shape index (κ1) is 26.3. The highest BCUT2D eigenvalue weighted by Gasteiger charge is 2.46. The normalized spacial score (nSPS) is 14.9. The van der Waals surface area contributed by atoms with Gasteiger partial charge in [0.05, 0.1) is 40.5 Å². The molecular formula is C28H29N3O7. The van der Waals surface area contributed by atoms with Gasteiger partial charge in [0, 0.05) is 36.5 Å². The Hall–Kier alpha value is -4.73. The minimum absolute atomic E-state index is 0.104. The summed E-state index contributed by atoms with van der Waals surface area (Å²) in [6.07, 6.45) is -0.255. The Morgan fingerprint density at radius 3 is 2.03 bits per heavy atom. The molecule has 3 aromatic rings. The Labute approximate surface area is 220 Å². The maximum absolute atomic E-state index is 13.6. The number of hydrogen-bond acceptors (Lipinski definition) is 7. The van der Waals surface area contributed by atoms with Crippen LogP contribution in [0.15, 0.2) is 66.7 Å². The van der Waals surface area contributed by atoms with Crippen molar-refractivity contribution in [3.8, 4) is 23.0 Å². The highest BCUT2D eigenvalue weighted by Crippen LogP contribution is 2.31. The third kappa shape index (κ3) is 5.64. The summed E-state index contributed by atoms with van der Waals surface area (Å²) >= 11 is 0. The lowest BCUT2D eigenvalue weighted by molar-refractivity contribution is -0.124. The van der Waals surface area contributed by atoms with E-state index in [1.54, 1.807) is 67.8 Å². The first-order valence-corrected chi connectivity index (χ1v) is 11.8. The van der Waals surface area contributed by atoms with E-state index in [4.69, 9.17) is 18.9 Å². The molecule has 10 nitrogen and oxygen atoms in total. The van der Waals surface area contributed by atoms with Gasteiger partial charge in [0.15, 0.2) is 0 Å². The lowest BCUT2D eigenvalue weighted by Gasteiger charge is -2.22. The van der Waals surface area contributed by atoms with E-state index >= 15 is 0 Å². The highest BCUT2D eigenvalue weighted by molar-refractivity contribution is 6.22. The summed E-state index contributed by atoms with van der Waals surface area (Å²) in [7, 11) is 6.07. The summed E-state index contributed by atoms with van der Waals surface area (Å²) in [5, 5.41) is 2.78. The van der Waals surface area contributed by atoms with Crippen LogP contribution >= 0.6 is 0 Å². The van der Waals surface area contributed by atoms with Crippen LogP contribution in [-0.4, -0.2) is 57.2 Å². The molecule has 0 spiro atoms. The molecule has 0 saturated carbocycles. The van der Waals surface area contributed by atoms with Crippen LogP contribution in [0.2, 0.25) is 0 Å². The number of amides is 4. The number of methoxy groups -OCH3 is 4. The third-order valence-electron chi connectivity index (χ3n) is 6.13. The zero-order chi connectivity index (χ0) is 27.2. The van der Waals surface area contributed by atoms with Crippen molar-refractivity contribution in [2.75, 3.05) is 38.7 Å². The quantitative estimate of drug-likeness (QED) is 0.402. The third-order valence-corrected chi connectivity index (χ3v) is 6.13. The monoisotopic (exact) mass is 519 g/mol. The van der Waals surface area contributed by atoms with Gasteiger partial charge in [-0.15, -0.1) is 0 Å². The van der Waals surface area contributed by atoms with Gasteiger partial charge in [0.1, 0.15) is 29.0 Å². The number of hydrogen-bond donors (Lipinski definition) is 1. The van der Waals surface area contributed by atoms with Crippen molar-refractivity contribution in [1.82, 2.24) is 4.90 Å². The Bertz CT molecular complexity index is 1320. The van der Waals surface area contributed by atoms with Crippen molar-refractivity contribution in [2.24, 2.45) is 0 Å². The summed E-state index contributed by atoms with van der Waals surface area (Å²) in [4.78, 5) is 42.8. The van der Waals surface area contributed by atoms with Gasteiger partial charge in [0.2, 0.25) is 5.91 Å². The topological polar surface area (TPSA) is 107 Å². The molecule has 1 atom stereocenters. The van der Waals surface area contributed by atoms with Crippen LogP contribution in [0.1, 0.15) is 12.0 Å². The molecule has 1 N–H and O–H groups in total. The maximum Gasteiger partial charge on any atom is 0.332 e. The Balaban J connectivity index is 1.63. The smallest absolute Gasteiger partial charge is 0.332 e. The van der Waals surface area contributed by atoms with Crippen molar-refractivity contribution >= 4 is 29.2 Å². The second-order valence-electron chi connectivity index (χ2n) is 8.51. The molecule has 4 amide bonds. The molecule has 0 aromatic heterocycles. The number of urea groups is 1. The molecule has 0 aliphatic carbocycles. The fourth-order valence-electron chi connectivity index (χ4n) is 4.24. The van der Waals surface area contributed by atoms with Crippen LogP contribution in [0.3, 0.4) is 0 Å². The van der Waals surface area contributed by atoms with E-state index in [9.17, 15) is 14.4 Å². The van der Waals surface area contributed by atoms with Crippen molar-refractivity contribution < 1.29 is 33.3 Å². The van der Waals surface area contributed by atoms with Crippen LogP contribution in [-0.2, 0) is 16.1 Å². The molecule has 10 heteroatoms. The van der Waals surface area contributed by atoms with Crippen molar-refractivity contribution in [1.29, 1.82) is 0 Å². The van der Waals surface area contributed by atoms with E-state index in [0.29, 0.717) is 34.4 Å². The van der Waals surface area contributed by atoms with E-state index in [2.05, 4.69) is 5.32 Å². The van der Waals surface area contributed by atoms with E-state index in [1.807, 2.05) is 6.07 Å². The zero-order valence-electron chi connectivity index (χ0n) is 21.6. The minimum Gasteiger partial charge on any atom is -0.497 e. The standard InChI is InChI=1S/C28H29N3O7/c1-35-21-9-5-7-18(11-21)17-30-25(16-26(32)29-19-12-23(37-3)15-24(13-19)38-4)27(33)31(28(30)34)20-8-6-10-22(14-20)36-2/h5-15,25H,16-17H2,1-4H3,(H,29,32)/t25-/m1/s1. The summed E-state index contributed by atoms with van der Waals surface area (Å²) in [6, 6.07) is 17.2. The molecule has 1 aliphatic rings. The van der Waals surface area contributed by atoms with Gasteiger partial charge in [-0.05, 0) is 29.8 Å². The predicted molar refractivity (Wildman–Crippen MR) is 141 cm³/mol. The molecule has 0 unspecified atom stereocenters. The van der Waals surface area contributed by atoms with Crippen LogP contribution in [0, 0.1) is 0 Å². The predicted octanol–water partition coefficient (Wildman–Crippen LogP) is 4.09. The number of carbonyl (C=O) groups excluding carboxylic acids is 3. The lowest BCUT2D eigenvalue weighted by atomic mass is 10.1. The number of imide groups is 1. The van der Waals surface area contributed by atoms with E-state index in [0.717, 1.165) is 10.5 Å².